The van der Waals surface area contributed by atoms with Crippen molar-refractivity contribution in [2.75, 3.05) is 18.5 Å². The van der Waals surface area contributed by atoms with Gasteiger partial charge in [-0.15, -0.1) is 0 Å². The van der Waals surface area contributed by atoms with E-state index in [-0.39, 0.29) is 17.6 Å². The van der Waals surface area contributed by atoms with Crippen LogP contribution >= 0.6 is 0 Å². The first-order chi connectivity index (χ1) is 14.7. The van der Waals surface area contributed by atoms with Gasteiger partial charge in [-0.25, -0.2) is 19.3 Å². The van der Waals surface area contributed by atoms with E-state index in [0.717, 1.165) is 5.56 Å². The van der Waals surface area contributed by atoms with Crippen molar-refractivity contribution in [1.82, 2.24) is 19.5 Å². The minimum Gasteiger partial charge on any atom is -0.459 e. The van der Waals surface area contributed by atoms with Crippen molar-refractivity contribution in [3.8, 4) is 22.5 Å². The van der Waals surface area contributed by atoms with Gasteiger partial charge in [0, 0.05) is 11.8 Å². The Morgan fingerprint density at radius 3 is 2.70 bits per heavy atom. The third-order valence-corrected chi connectivity index (χ3v) is 4.87. The molecule has 1 aliphatic rings. The first kappa shape index (κ1) is 18.2. The molecule has 0 atom stereocenters. The molecule has 0 aliphatic carbocycles. The summed E-state index contributed by atoms with van der Waals surface area (Å²) in [5, 5.41) is 2.78. The molecule has 5 rings (SSSR count). The quantitative estimate of drug-likeness (QED) is 0.546. The van der Waals surface area contributed by atoms with Crippen molar-refractivity contribution in [3.63, 3.8) is 0 Å². The van der Waals surface area contributed by atoms with Gasteiger partial charge in [0.2, 0.25) is 0 Å². The highest BCUT2D eigenvalue weighted by atomic mass is 19.1. The SMILES string of the molecule is O=C(Nc1ncncc1-c1c(-c2ccc(F)cc2)ncn1C1COC1)c1ccco1. The van der Waals surface area contributed by atoms with Crippen LogP contribution in [-0.4, -0.2) is 38.6 Å². The van der Waals surface area contributed by atoms with Crippen LogP contribution in [0.5, 0.6) is 0 Å². The lowest BCUT2D eigenvalue weighted by Gasteiger charge is -2.29. The van der Waals surface area contributed by atoms with Crippen molar-refractivity contribution in [1.29, 1.82) is 0 Å². The molecule has 9 heteroatoms. The first-order valence-electron chi connectivity index (χ1n) is 9.26. The fraction of sp³-hybridized carbons (Fsp3) is 0.143. The summed E-state index contributed by atoms with van der Waals surface area (Å²) in [5.41, 5.74) is 2.66. The molecule has 1 saturated heterocycles. The average molecular weight is 405 g/mol. The lowest BCUT2D eigenvalue weighted by molar-refractivity contribution is -0.0226. The Balaban J connectivity index is 1.62. The molecule has 0 spiro atoms. The highest BCUT2D eigenvalue weighted by Crippen LogP contribution is 2.37. The second-order valence-electron chi connectivity index (χ2n) is 6.76. The predicted octanol–water partition coefficient (Wildman–Crippen LogP) is 3.56. The minimum absolute atomic E-state index is 0.0931. The summed E-state index contributed by atoms with van der Waals surface area (Å²) in [5.74, 6) is -0.279. The average Bonchev–Trinajstić information content (AvgIpc) is 3.39. The number of amides is 1. The number of aromatic nitrogens is 4. The Bertz CT molecular complexity index is 1180. The highest BCUT2D eigenvalue weighted by molar-refractivity contribution is 6.04. The van der Waals surface area contributed by atoms with Crippen LogP contribution in [0.1, 0.15) is 16.6 Å². The zero-order valence-electron chi connectivity index (χ0n) is 15.7. The Morgan fingerprint density at radius 2 is 2.00 bits per heavy atom. The Morgan fingerprint density at radius 1 is 1.17 bits per heavy atom. The van der Waals surface area contributed by atoms with Crippen LogP contribution in [0.15, 0.2) is 65.9 Å². The van der Waals surface area contributed by atoms with Crippen molar-refractivity contribution in [3.05, 3.63) is 73.1 Å². The number of halogens is 1. The number of furan rings is 1. The van der Waals surface area contributed by atoms with Crippen LogP contribution in [0.3, 0.4) is 0 Å². The summed E-state index contributed by atoms with van der Waals surface area (Å²) in [6, 6.07) is 9.37. The molecule has 4 heterocycles. The second kappa shape index (κ2) is 7.53. The standard InChI is InChI=1S/C21H16FN5O3/c22-14-5-3-13(4-6-14)18-19(27(12-25-18)15-9-29-10-15)16-8-23-11-24-20(16)26-21(28)17-2-1-7-30-17/h1-8,11-12,15H,9-10H2,(H,23,24,26,28). The number of benzene rings is 1. The molecule has 150 valence electrons. The van der Waals surface area contributed by atoms with E-state index in [4.69, 9.17) is 9.15 Å². The van der Waals surface area contributed by atoms with Crippen LogP contribution in [0, 0.1) is 5.82 Å². The number of nitrogens with one attached hydrogen (secondary N) is 1. The molecule has 1 aliphatic heterocycles. The molecule has 3 aromatic heterocycles. The molecule has 8 nitrogen and oxygen atoms in total. The summed E-state index contributed by atoms with van der Waals surface area (Å²) in [6.07, 6.45) is 6.11. The number of hydrogen-bond donors (Lipinski definition) is 1. The molecule has 0 bridgehead atoms. The second-order valence-corrected chi connectivity index (χ2v) is 6.76. The van der Waals surface area contributed by atoms with Gasteiger partial charge in [-0.3, -0.25) is 4.79 Å². The summed E-state index contributed by atoms with van der Waals surface area (Å²) in [4.78, 5) is 25.5. The smallest absolute Gasteiger partial charge is 0.292 e. The third-order valence-electron chi connectivity index (χ3n) is 4.87. The predicted molar refractivity (Wildman–Crippen MR) is 105 cm³/mol. The van der Waals surface area contributed by atoms with E-state index in [1.165, 1.54) is 24.7 Å². The van der Waals surface area contributed by atoms with Gasteiger partial charge in [0.05, 0.1) is 48.8 Å². The van der Waals surface area contributed by atoms with Gasteiger partial charge in [0.1, 0.15) is 18.0 Å². The topological polar surface area (TPSA) is 95.1 Å². The molecular weight excluding hydrogens is 389 g/mol. The fourth-order valence-corrected chi connectivity index (χ4v) is 3.29. The molecule has 0 unspecified atom stereocenters. The van der Waals surface area contributed by atoms with Crippen molar-refractivity contribution in [2.24, 2.45) is 0 Å². The molecule has 1 amide bonds. The van der Waals surface area contributed by atoms with E-state index in [0.29, 0.717) is 36.0 Å². The van der Waals surface area contributed by atoms with Gasteiger partial charge in [0.25, 0.3) is 5.91 Å². The summed E-state index contributed by atoms with van der Waals surface area (Å²) in [7, 11) is 0. The van der Waals surface area contributed by atoms with Crippen molar-refractivity contribution < 1.29 is 18.3 Å². The van der Waals surface area contributed by atoms with E-state index in [9.17, 15) is 9.18 Å². The number of hydrogen-bond acceptors (Lipinski definition) is 6. The van der Waals surface area contributed by atoms with Gasteiger partial charge in [-0.1, -0.05) is 0 Å². The number of anilines is 1. The lowest BCUT2D eigenvalue weighted by Crippen LogP contribution is -2.30. The molecule has 0 saturated carbocycles. The van der Waals surface area contributed by atoms with Gasteiger partial charge < -0.3 is 19.0 Å². The maximum Gasteiger partial charge on any atom is 0.292 e. The molecule has 1 N–H and O–H groups in total. The molecule has 1 fully saturated rings. The maximum absolute atomic E-state index is 13.4. The molecule has 4 aromatic rings. The van der Waals surface area contributed by atoms with Crippen LogP contribution in [0.4, 0.5) is 10.2 Å². The summed E-state index contributed by atoms with van der Waals surface area (Å²) in [6.45, 7) is 1.10. The van der Waals surface area contributed by atoms with Gasteiger partial charge in [-0.2, -0.15) is 0 Å². The monoisotopic (exact) mass is 405 g/mol. The summed E-state index contributed by atoms with van der Waals surface area (Å²) >= 11 is 0. The first-order valence-corrected chi connectivity index (χ1v) is 9.26. The molecule has 0 radical (unpaired) electrons. The van der Waals surface area contributed by atoms with Crippen LogP contribution < -0.4 is 5.32 Å². The maximum atomic E-state index is 13.4. The normalized spacial score (nSPS) is 13.8. The van der Waals surface area contributed by atoms with Crippen molar-refractivity contribution in [2.45, 2.75) is 6.04 Å². The molecule has 1 aromatic carbocycles. The number of imidazole rings is 1. The van der Waals surface area contributed by atoms with Gasteiger partial charge in [0.15, 0.2) is 5.76 Å². The van der Waals surface area contributed by atoms with E-state index in [2.05, 4.69) is 20.3 Å². The van der Waals surface area contributed by atoms with E-state index in [1.807, 2.05) is 4.57 Å². The van der Waals surface area contributed by atoms with Gasteiger partial charge >= 0.3 is 0 Å². The highest BCUT2D eigenvalue weighted by Gasteiger charge is 2.28. The van der Waals surface area contributed by atoms with E-state index in [1.54, 1.807) is 36.8 Å². The number of ether oxygens (including phenoxy) is 1. The Kier molecular flexibility index (Phi) is 4.56. The lowest BCUT2D eigenvalue weighted by atomic mass is 10.0. The largest absolute Gasteiger partial charge is 0.459 e. The van der Waals surface area contributed by atoms with Crippen molar-refractivity contribution >= 4 is 11.7 Å². The van der Waals surface area contributed by atoms with Crippen LogP contribution in [-0.2, 0) is 4.74 Å². The summed E-state index contributed by atoms with van der Waals surface area (Å²) < 4.78 is 25.9. The Hall–Kier alpha value is -3.85. The fourth-order valence-electron chi connectivity index (χ4n) is 3.29. The molecule has 30 heavy (non-hydrogen) atoms. The number of carbonyl (C=O) groups excluding carboxylic acids is 1. The third kappa shape index (κ3) is 3.25. The zero-order valence-corrected chi connectivity index (χ0v) is 15.7. The Labute approximate surface area is 170 Å². The number of nitrogens with zero attached hydrogens (tertiary/aromatic N) is 4. The van der Waals surface area contributed by atoms with E-state index < -0.39 is 5.91 Å². The number of rotatable bonds is 5. The minimum atomic E-state index is -0.429. The molecular formula is C21H16FN5O3. The van der Waals surface area contributed by atoms with E-state index >= 15 is 0 Å². The van der Waals surface area contributed by atoms with Crippen LogP contribution in [0.25, 0.3) is 22.5 Å². The van der Waals surface area contributed by atoms with Gasteiger partial charge in [-0.05, 0) is 36.4 Å². The number of carbonyl (C=O) groups is 1. The zero-order chi connectivity index (χ0) is 20.5. The van der Waals surface area contributed by atoms with Crippen LogP contribution in [0.2, 0.25) is 0 Å².